The summed E-state index contributed by atoms with van der Waals surface area (Å²) in [5.41, 5.74) is 0.00854. The Kier molecular flexibility index (Phi) is 5.13. The topological polar surface area (TPSA) is 55.1 Å². The van der Waals surface area contributed by atoms with E-state index in [2.05, 4.69) is 10.3 Å². The molecule has 1 fully saturated rings. The SMILES string of the molecule is CC(=O)C(Nc1cccc(-c2cnco2)c1)C1(c2ccccc2C(F)(F)F)CCC1. The molecule has 0 bridgehead atoms. The molecule has 156 valence electrons. The number of carbonyl (C=O) groups excluding carboxylic acids is 1. The molecule has 7 heteroatoms. The molecule has 0 aliphatic heterocycles. The molecular formula is C23H21F3N2O2. The van der Waals surface area contributed by atoms with Crippen LogP contribution in [0.25, 0.3) is 11.3 Å². The van der Waals surface area contributed by atoms with Gasteiger partial charge in [0.1, 0.15) is 0 Å². The van der Waals surface area contributed by atoms with Crippen molar-refractivity contribution in [2.75, 3.05) is 5.32 Å². The van der Waals surface area contributed by atoms with Crippen molar-refractivity contribution in [1.82, 2.24) is 4.98 Å². The van der Waals surface area contributed by atoms with Crippen LogP contribution in [-0.4, -0.2) is 16.8 Å². The van der Waals surface area contributed by atoms with Gasteiger partial charge < -0.3 is 9.73 Å². The zero-order valence-corrected chi connectivity index (χ0v) is 16.4. The molecule has 30 heavy (non-hydrogen) atoms. The number of aromatic nitrogens is 1. The lowest BCUT2D eigenvalue weighted by molar-refractivity contribution is -0.139. The summed E-state index contributed by atoms with van der Waals surface area (Å²) >= 11 is 0. The number of nitrogens with zero attached hydrogens (tertiary/aromatic N) is 1. The Hall–Kier alpha value is -3.09. The Morgan fingerprint density at radius 1 is 1.17 bits per heavy atom. The van der Waals surface area contributed by atoms with E-state index < -0.39 is 23.2 Å². The lowest BCUT2D eigenvalue weighted by Gasteiger charge is -2.48. The van der Waals surface area contributed by atoms with Gasteiger partial charge in [0.05, 0.1) is 17.8 Å². The average Bonchev–Trinajstić information content (AvgIpc) is 3.21. The molecule has 1 aliphatic carbocycles. The van der Waals surface area contributed by atoms with Gasteiger partial charge in [0.25, 0.3) is 0 Å². The predicted octanol–water partition coefficient (Wildman–Crippen LogP) is 5.85. The Morgan fingerprint density at radius 2 is 1.93 bits per heavy atom. The Morgan fingerprint density at radius 3 is 2.53 bits per heavy atom. The molecule has 1 saturated carbocycles. The molecule has 1 heterocycles. The third-order valence-electron chi connectivity index (χ3n) is 5.86. The Labute approximate surface area is 172 Å². The van der Waals surface area contributed by atoms with Crippen LogP contribution in [-0.2, 0) is 16.4 Å². The number of Topliss-reactive ketones (excluding diaryl/α,β-unsaturated/α-hetero) is 1. The maximum Gasteiger partial charge on any atom is 0.416 e. The van der Waals surface area contributed by atoms with Crippen LogP contribution in [0.3, 0.4) is 0 Å². The van der Waals surface area contributed by atoms with Crippen molar-refractivity contribution in [2.45, 2.75) is 43.8 Å². The van der Waals surface area contributed by atoms with Crippen LogP contribution in [0.1, 0.15) is 37.3 Å². The lowest BCUT2D eigenvalue weighted by Crippen LogP contribution is -2.53. The fraction of sp³-hybridized carbons (Fsp3) is 0.304. The molecule has 0 spiro atoms. The summed E-state index contributed by atoms with van der Waals surface area (Å²) < 4.78 is 46.5. The van der Waals surface area contributed by atoms with Gasteiger partial charge in [-0.05, 0) is 43.5 Å². The number of oxazole rings is 1. The first-order chi connectivity index (χ1) is 14.3. The molecule has 4 rings (SSSR count). The number of benzene rings is 2. The van der Waals surface area contributed by atoms with Crippen LogP contribution in [0.5, 0.6) is 0 Å². The monoisotopic (exact) mass is 414 g/mol. The minimum absolute atomic E-state index is 0.183. The van der Waals surface area contributed by atoms with Gasteiger partial charge in [-0.1, -0.05) is 36.8 Å². The summed E-state index contributed by atoms with van der Waals surface area (Å²) in [7, 11) is 0. The van der Waals surface area contributed by atoms with Crippen molar-refractivity contribution >= 4 is 11.5 Å². The molecule has 0 saturated heterocycles. The quantitative estimate of drug-likeness (QED) is 0.550. The molecule has 1 atom stereocenters. The number of hydrogen-bond acceptors (Lipinski definition) is 4. The highest BCUT2D eigenvalue weighted by atomic mass is 19.4. The number of ketones is 1. The van der Waals surface area contributed by atoms with Crippen molar-refractivity contribution in [3.05, 3.63) is 72.2 Å². The van der Waals surface area contributed by atoms with Crippen molar-refractivity contribution < 1.29 is 22.4 Å². The van der Waals surface area contributed by atoms with Crippen LogP contribution in [0.4, 0.5) is 18.9 Å². The van der Waals surface area contributed by atoms with Crippen molar-refractivity contribution in [2.24, 2.45) is 0 Å². The summed E-state index contributed by atoms with van der Waals surface area (Å²) in [5.74, 6) is 0.371. The van der Waals surface area contributed by atoms with Gasteiger partial charge >= 0.3 is 6.18 Å². The maximum absolute atomic E-state index is 13.7. The first-order valence-corrected chi connectivity index (χ1v) is 9.74. The van der Waals surface area contributed by atoms with E-state index in [1.807, 2.05) is 6.07 Å². The molecule has 4 nitrogen and oxygen atoms in total. The van der Waals surface area contributed by atoms with Gasteiger partial charge in [-0.15, -0.1) is 0 Å². The first-order valence-electron chi connectivity index (χ1n) is 9.74. The highest BCUT2D eigenvalue weighted by Gasteiger charge is 2.51. The summed E-state index contributed by atoms with van der Waals surface area (Å²) in [4.78, 5) is 16.6. The number of halogens is 3. The number of alkyl halides is 3. The molecule has 0 amide bonds. The second-order valence-corrected chi connectivity index (χ2v) is 7.69. The molecule has 1 aliphatic rings. The highest BCUT2D eigenvalue weighted by molar-refractivity contribution is 5.87. The zero-order valence-electron chi connectivity index (χ0n) is 16.4. The minimum Gasteiger partial charge on any atom is -0.444 e. The van der Waals surface area contributed by atoms with Crippen LogP contribution >= 0.6 is 0 Å². The van der Waals surface area contributed by atoms with Crippen LogP contribution < -0.4 is 5.32 Å². The van der Waals surface area contributed by atoms with E-state index in [0.29, 0.717) is 24.3 Å². The van der Waals surface area contributed by atoms with Gasteiger partial charge in [0.15, 0.2) is 17.9 Å². The average molecular weight is 414 g/mol. The van der Waals surface area contributed by atoms with Gasteiger partial charge in [-0.2, -0.15) is 13.2 Å². The Balaban J connectivity index is 1.73. The molecule has 1 aromatic heterocycles. The van der Waals surface area contributed by atoms with E-state index in [0.717, 1.165) is 18.1 Å². The van der Waals surface area contributed by atoms with E-state index >= 15 is 0 Å². The van der Waals surface area contributed by atoms with Gasteiger partial charge in [-0.3, -0.25) is 4.79 Å². The third-order valence-corrected chi connectivity index (χ3v) is 5.86. The number of nitrogens with one attached hydrogen (secondary N) is 1. The van der Waals surface area contributed by atoms with Crippen molar-refractivity contribution in [1.29, 1.82) is 0 Å². The zero-order chi connectivity index (χ0) is 21.4. The fourth-order valence-corrected chi connectivity index (χ4v) is 4.35. The molecule has 0 radical (unpaired) electrons. The molecule has 3 aromatic rings. The van der Waals surface area contributed by atoms with Crippen molar-refractivity contribution in [3.8, 4) is 11.3 Å². The van der Waals surface area contributed by atoms with E-state index in [1.165, 1.54) is 25.5 Å². The number of hydrogen-bond donors (Lipinski definition) is 1. The molecule has 1 N–H and O–H groups in total. The number of carbonyl (C=O) groups is 1. The molecule has 1 unspecified atom stereocenters. The van der Waals surface area contributed by atoms with E-state index in [4.69, 9.17) is 4.42 Å². The Bertz CT molecular complexity index is 1040. The number of rotatable bonds is 6. The highest BCUT2D eigenvalue weighted by Crippen LogP contribution is 2.51. The van der Waals surface area contributed by atoms with Crippen LogP contribution in [0.15, 0.2) is 65.5 Å². The molecular weight excluding hydrogens is 393 g/mol. The van der Waals surface area contributed by atoms with Crippen molar-refractivity contribution in [3.63, 3.8) is 0 Å². The van der Waals surface area contributed by atoms with Gasteiger partial charge in [-0.25, -0.2) is 4.98 Å². The number of anilines is 1. The summed E-state index contributed by atoms with van der Waals surface area (Å²) in [6, 6.07) is 12.0. The second kappa shape index (κ2) is 7.63. The van der Waals surface area contributed by atoms with Crippen LogP contribution in [0.2, 0.25) is 0 Å². The predicted molar refractivity (Wildman–Crippen MR) is 107 cm³/mol. The standard InChI is InChI=1S/C23H21F3N2O2/c1-15(29)21(28-17-7-4-6-16(12-17)20-13-27-14-30-20)22(10-5-11-22)18-8-2-3-9-19(18)23(24,25)26/h2-4,6-9,12-14,21,28H,5,10-11H2,1H3. The minimum atomic E-state index is -4.48. The third kappa shape index (κ3) is 3.60. The summed E-state index contributed by atoms with van der Waals surface area (Å²) in [6.45, 7) is 1.42. The normalized spacial score (nSPS) is 16.5. The smallest absolute Gasteiger partial charge is 0.416 e. The van der Waals surface area contributed by atoms with E-state index in [-0.39, 0.29) is 11.3 Å². The van der Waals surface area contributed by atoms with Gasteiger partial charge in [0.2, 0.25) is 0 Å². The first kappa shape index (κ1) is 20.2. The second-order valence-electron chi connectivity index (χ2n) is 7.69. The fourth-order valence-electron chi connectivity index (χ4n) is 4.35. The van der Waals surface area contributed by atoms with Gasteiger partial charge in [0, 0.05) is 16.7 Å². The van der Waals surface area contributed by atoms with Crippen LogP contribution in [0, 0.1) is 0 Å². The summed E-state index contributed by atoms with van der Waals surface area (Å²) in [5, 5.41) is 3.22. The lowest BCUT2D eigenvalue weighted by atomic mass is 9.58. The van der Waals surface area contributed by atoms with E-state index in [9.17, 15) is 18.0 Å². The summed E-state index contributed by atoms with van der Waals surface area (Å²) in [6.07, 6.45) is 0.223. The van der Waals surface area contributed by atoms with E-state index in [1.54, 1.807) is 30.5 Å². The maximum atomic E-state index is 13.7. The molecule has 2 aromatic carbocycles. The largest absolute Gasteiger partial charge is 0.444 e.